The van der Waals surface area contributed by atoms with Gasteiger partial charge in [0, 0.05) is 25.4 Å². The van der Waals surface area contributed by atoms with Gasteiger partial charge in [0.1, 0.15) is 0 Å². The van der Waals surface area contributed by atoms with E-state index >= 15 is 0 Å². The lowest BCUT2D eigenvalue weighted by Gasteiger charge is -2.17. The fraction of sp³-hybridized carbons (Fsp3) is 0.467. The zero-order valence-electron chi connectivity index (χ0n) is 11.9. The summed E-state index contributed by atoms with van der Waals surface area (Å²) >= 11 is 0. The van der Waals surface area contributed by atoms with Crippen LogP contribution in [0.5, 0.6) is 0 Å². The van der Waals surface area contributed by atoms with Gasteiger partial charge in [0.15, 0.2) is 0 Å². The van der Waals surface area contributed by atoms with E-state index in [9.17, 15) is 0 Å². The minimum atomic E-state index is 0.262. The van der Waals surface area contributed by atoms with Crippen LogP contribution in [0.2, 0.25) is 0 Å². The van der Waals surface area contributed by atoms with Crippen LogP contribution in [0.15, 0.2) is 30.5 Å². The monoisotopic (exact) mass is 258 g/mol. The predicted molar refractivity (Wildman–Crippen MR) is 76.9 cm³/mol. The number of rotatable bonds is 6. The number of pyridine rings is 1. The van der Waals surface area contributed by atoms with Gasteiger partial charge in [-0.2, -0.15) is 5.10 Å². The molecule has 4 heteroatoms. The van der Waals surface area contributed by atoms with E-state index in [4.69, 9.17) is 0 Å². The standard InChI is InChI=1S/C15H22N4/c1-4-12-11-15(19(3)18-12)14(16-5-2)10-13-8-6-7-9-17-13/h6-9,11,14,16H,4-5,10H2,1-3H3. The molecule has 0 saturated carbocycles. The van der Waals surface area contributed by atoms with Gasteiger partial charge in [-0.05, 0) is 31.2 Å². The van der Waals surface area contributed by atoms with Crippen molar-refractivity contribution < 1.29 is 0 Å². The first-order valence-corrected chi connectivity index (χ1v) is 6.90. The van der Waals surface area contributed by atoms with E-state index in [1.54, 1.807) is 0 Å². The van der Waals surface area contributed by atoms with Crippen molar-refractivity contribution in [2.45, 2.75) is 32.7 Å². The number of hydrogen-bond acceptors (Lipinski definition) is 3. The Morgan fingerprint density at radius 3 is 2.68 bits per heavy atom. The predicted octanol–water partition coefficient (Wildman–Crippen LogP) is 2.27. The molecule has 1 N–H and O–H groups in total. The molecular formula is C15H22N4. The lowest BCUT2D eigenvalue weighted by Crippen LogP contribution is -2.25. The molecule has 0 bridgehead atoms. The molecule has 0 aliphatic heterocycles. The molecule has 2 aromatic heterocycles. The maximum absolute atomic E-state index is 4.53. The average Bonchev–Trinajstić information content (AvgIpc) is 2.81. The van der Waals surface area contributed by atoms with Crippen molar-refractivity contribution in [1.82, 2.24) is 20.1 Å². The molecule has 0 fully saturated rings. The maximum atomic E-state index is 4.53. The molecule has 0 aliphatic carbocycles. The zero-order chi connectivity index (χ0) is 13.7. The van der Waals surface area contributed by atoms with Crippen molar-refractivity contribution in [3.05, 3.63) is 47.5 Å². The van der Waals surface area contributed by atoms with Gasteiger partial charge < -0.3 is 5.32 Å². The maximum Gasteiger partial charge on any atom is 0.0625 e. The number of likely N-dealkylation sites (N-methyl/N-ethyl adjacent to an activating group) is 1. The molecule has 1 unspecified atom stereocenters. The lowest BCUT2D eigenvalue weighted by molar-refractivity contribution is 0.503. The third kappa shape index (κ3) is 3.41. The summed E-state index contributed by atoms with van der Waals surface area (Å²) in [5.41, 5.74) is 3.47. The number of aryl methyl sites for hydroxylation is 2. The van der Waals surface area contributed by atoms with Crippen molar-refractivity contribution in [3.8, 4) is 0 Å². The van der Waals surface area contributed by atoms with Crippen LogP contribution in [-0.2, 0) is 19.9 Å². The first-order valence-electron chi connectivity index (χ1n) is 6.90. The summed E-state index contributed by atoms with van der Waals surface area (Å²) in [6.45, 7) is 5.19. The molecule has 2 rings (SSSR count). The Morgan fingerprint density at radius 1 is 1.26 bits per heavy atom. The molecule has 0 spiro atoms. The van der Waals surface area contributed by atoms with Gasteiger partial charge in [-0.3, -0.25) is 9.67 Å². The Morgan fingerprint density at radius 2 is 2.11 bits per heavy atom. The highest BCUT2D eigenvalue weighted by atomic mass is 15.3. The van der Waals surface area contributed by atoms with Crippen LogP contribution in [0.1, 0.15) is 37.0 Å². The van der Waals surface area contributed by atoms with Gasteiger partial charge in [0.05, 0.1) is 17.4 Å². The molecule has 4 nitrogen and oxygen atoms in total. The third-order valence-electron chi connectivity index (χ3n) is 3.28. The molecule has 1 atom stereocenters. The number of hydrogen-bond donors (Lipinski definition) is 1. The summed E-state index contributed by atoms with van der Waals surface area (Å²) in [5, 5.41) is 8.05. The smallest absolute Gasteiger partial charge is 0.0625 e. The van der Waals surface area contributed by atoms with Crippen LogP contribution in [0.25, 0.3) is 0 Å². The highest BCUT2D eigenvalue weighted by molar-refractivity contribution is 5.17. The van der Waals surface area contributed by atoms with Crippen LogP contribution >= 0.6 is 0 Å². The Kier molecular flexibility index (Phi) is 4.68. The van der Waals surface area contributed by atoms with Crippen LogP contribution in [0.4, 0.5) is 0 Å². The normalized spacial score (nSPS) is 12.6. The molecular weight excluding hydrogens is 236 g/mol. The lowest BCUT2D eigenvalue weighted by atomic mass is 10.1. The van der Waals surface area contributed by atoms with Crippen LogP contribution in [0, 0.1) is 0 Å². The second kappa shape index (κ2) is 6.48. The van der Waals surface area contributed by atoms with E-state index in [1.165, 1.54) is 5.69 Å². The summed E-state index contributed by atoms with van der Waals surface area (Å²) in [6.07, 6.45) is 3.70. The highest BCUT2D eigenvalue weighted by Gasteiger charge is 2.16. The van der Waals surface area contributed by atoms with Crippen molar-refractivity contribution >= 4 is 0 Å². The fourth-order valence-corrected chi connectivity index (χ4v) is 2.30. The summed E-state index contributed by atoms with van der Waals surface area (Å²) < 4.78 is 1.98. The molecule has 2 heterocycles. The van der Waals surface area contributed by atoms with Crippen molar-refractivity contribution in [2.24, 2.45) is 7.05 Å². The quantitative estimate of drug-likeness (QED) is 0.864. The minimum Gasteiger partial charge on any atom is -0.309 e. The molecule has 19 heavy (non-hydrogen) atoms. The molecule has 2 aromatic rings. The van der Waals surface area contributed by atoms with E-state index in [1.807, 2.05) is 30.1 Å². The second-order valence-corrected chi connectivity index (χ2v) is 4.67. The number of nitrogens with zero attached hydrogens (tertiary/aromatic N) is 3. The molecule has 0 amide bonds. The van der Waals surface area contributed by atoms with E-state index < -0.39 is 0 Å². The topological polar surface area (TPSA) is 42.7 Å². The number of nitrogens with one attached hydrogen (secondary N) is 1. The minimum absolute atomic E-state index is 0.262. The van der Waals surface area contributed by atoms with Crippen molar-refractivity contribution in [2.75, 3.05) is 6.54 Å². The zero-order valence-corrected chi connectivity index (χ0v) is 11.9. The SMILES string of the molecule is CCNC(Cc1ccccn1)c1cc(CC)nn1C. The van der Waals surface area contributed by atoms with Crippen molar-refractivity contribution in [3.63, 3.8) is 0 Å². The van der Waals surface area contributed by atoms with Crippen LogP contribution in [0.3, 0.4) is 0 Å². The Labute approximate surface area is 114 Å². The van der Waals surface area contributed by atoms with Gasteiger partial charge in [0.25, 0.3) is 0 Å². The molecule has 0 radical (unpaired) electrons. The first-order chi connectivity index (χ1) is 9.24. The molecule has 0 aliphatic rings. The van der Waals surface area contributed by atoms with Gasteiger partial charge in [-0.25, -0.2) is 0 Å². The molecule has 0 aromatic carbocycles. The van der Waals surface area contributed by atoms with Gasteiger partial charge in [-0.15, -0.1) is 0 Å². The summed E-state index contributed by atoms with van der Waals surface area (Å²) in [7, 11) is 2.01. The average molecular weight is 258 g/mol. The Bertz CT molecular complexity index is 504. The fourth-order valence-electron chi connectivity index (χ4n) is 2.30. The van der Waals surface area contributed by atoms with E-state index in [0.29, 0.717) is 0 Å². The summed E-state index contributed by atoms with van der Waals surface area (Å²) in [4.78, 5) is 4.41. The third-order valence-corrected chi connectivity index (χ3v) is 3.28. The molecule has 102 valence electrons. The first kappa shape index (κ1) is 13.7. The van der Waals surface area contributed by atoms with Gasteiger partial charge in [0.2, 0.25) is 0 Å². The highest BCUT2D eigenvalue weighted by Crippen LogP contribution is 2.18. The van der Waals surface area contributed by atoms with E-state index in [2.05, 4.69) is 41.4 Å². The summed E-state index contributed by atoms with van der Waals surface area (Å²) in [6, 6.07) is 8.51. The van der Waals surface area contributed by atoms with Gasteiger partial charge >= 0.3 is 0 Å². The van der Waals surface area contributed by atoms with Crippen molar-refractivity contribution in [1.29, 1.82) is 0 Å². The van der Waals surface area contributed by atoms with E-state index in [-0.39, 0.29) is 6.04 Å². The number of aromatic nitrogens is 3. The van der Waals surface area contributed by atoms with Crippen LogP contribution < -0.4 is 5.32 Å². The largest absolute Gasteiger partial charge is 0.309 e. The Balaban J connectivity index is 2.21. The second-order valence-electron chi connectivity index (χ2n) is 4.67. The van der Waals surface area contributed by atoms with E-state index in [0.717, 1.165) is 30.8 Å². The summed E-state index contributed by atoms with van der Waals surface area (Å²) in [5.74, 6) is 0. The van der Waals surface area contributed by atoms with Gasteiger partial charge in [-0.1, -0.05) is 19.9 Å². The van der Waals surface area contributed by atoms with Crippen LogP contribution in [-0.4, -0.2) is 21.3 Å². The Hall–Kier alpha value is -1.68. The molecule has 0 saturated heterocycles.